The molecule has 9 nitrogen and oxygen atoms in total. The van der Waals surface area contributed by atoms with Crippen molar-refractivity contribution < 1.29 is 18.1 Å². The Morgan fingerprint density at radius 2 is 1.53 bits per heavy atom. The van der Waals surface area contributed by atoms with Crippen LogP contribution in [0.4, 0.5) is 17.1 Å². The lowest BCUT2D eigenvalue weighted by Crippen LogP contribution is -2.48. The maximum Gasteiger partial charge on any atom is 0.292 e. The first-order valence-corrected chi connectivity index (χ1v) is 11.3. The zero-order valence-corrected chi connectivity index (χ0v) is 17.3. The summed E-state index contributed by atoms with van der Waals surface area (Å²) in [4.78, 5) is 15.5. The smallest absolute Gasteiger partial charge is 0.292 e. The van der Waals surface area contributed by atoms with E-state index in [9.17, 15) is 18.5 Å². The number of hydrogen-bond acceptors (Lipinski definition) is 7. The molecule has 2 aliphatic heterocycles. The highest BCUT2D eigenvalue weighted by Crippen LogP contribution is 2.33. The highest BCUT2D eigenvalue weighted by Gasteiger charge is 2.29. The molecule has 30 heavy (non-hydrogen) atoms. The van der Waals surface area contributed by atoms with Gasteiger partial charge in [0.1, 0.15) is 5.69 Å². The van der Waals surface area contributed by atoms with Gasteiger partial charge in [-0.15, -0.1) is 0 Å². The molecule has 0 aromatic heterocycles. The first-order valence-electron chi connectivity index (χ1n) is 9.88. The van der Waals surface area contributed by atoms with Crippen molar-refractivity contribution in [1.29, 1.82) is 0 Å². The molecule has 0 atom stereocenters. The van der Waals surface area contributed by atoms with Crippen LogP contribution in [0.25, 0.3) is 0 Å². The van der Waals surface area contributed by atoms with Crippen LogP contribution in [0.15, 0.2) is 53.4 Å². The van der Waals surface area contributed by atoms with Crippen molar-refractivity contribution in [2.24, 2.45) is 0 Å². The molecule has 2 fully saturated rings. The summed E-state index contributed by atoms with van der Waals surface area (Å²) in [5.74, 6) is 0. The van der Waals surface area contributed by atoms with Gasteiger partial charge in [-0.2, -0.15) is 4.31 Å². The predicted octanol–water partition coefficient (Wildman–Crippen LogP) is 1.94. The molecule has 0 radical (unpaired) electrons. The molecule has 2 heterocycles. The monoisotopic (exact) mass is 432 g/mol. The average Bonchev–Trinajstić information content (AvgIpc) is 2.80. The zero-order chi connectivity index (χ0) is 21.1. The summed E-state index contributed by atoms with van der Waals surface area (Å²) in [6, 6.07) is 13.5. The molecular formula is C20H24N4O5S. The molecule has 0 saturated carbocycles. The van der Waals surface area contributed by atoms with E-state index in [1.165, 1.54) is 10.4 Å². The standard InChI is InChI=1S/C20H24N4O5S/c25-24(26)19-7-6-17(16-20(19)22-12-14-29-15-13-22)21-8-10-23(11-9-21)30(27,28)18-4-2-1-3-5-18/h1-7,16H,8-15H2. The van der Waals surface area contributed by atoms with E-state index in [-0.39, 0.29) is 10.6 Å². The molecule has 0 spiro atoms. The van der Waals surface area contributed by atoms with Gasteiger partial charge in [0.05, 0.1) is 23.0 Å². The normalized spacial score (nSPS) is 18.4. The largest absolute Gasteiger partial charge is 0.378 e. The third-order valence-electron chi connectivity index (χ3n) is 5.49. The molecule has 2 saturated heterocycles. The number of nitrogens with zero attached hydrogens (tertiary/aromatic N) is 4. The van der Waals surface area contributed by atoms with Crippen LogP contribution in [0.3, 0.4) is 0 Å². The molecule has 10 heteroatoms. The van der Waals surface area contributed by atoms with Gasteiger partial charge in [-0.3, -0.25) is 10.1 Å². The van der Waals surface area contributed by atoms with Crippen LogP contribution in [-0.4, -0.2) is 70.1 Å². The third kappa shape index (κ3) is 4.11. The highest BCUT2D eigenvalue weighted by atomic mass is 32.2. The van der Waals surface area contributed by atoms with Gasteiger partial charge in [0.15, 0.2) is 0 Å². The number of sulfonamides is 1. The third-order valence-corrected chi connectivity index (χ3v) is 7.41. The van der Waals surface area contributed by atoms with Crippen molar-refractivity contribution in [1.82, 2.24) is 4.31 Å². The SMILES string of the molecule is O=[N+]([O-])c1ccc(N2CCN(S(=O)(=O)c3ccccc3)CC2)cc1N1CCOCC1. The van der Waals surface area contributed by atoms with E-state index in [0.717, 1.165) is 5.69 Å². The number of nitro groups is 1. The number of rotatable bonds is 5. The lowest BCUT2D eigenvalue weighted by Gasteiger charge is -2.36. The van der Waals surface area contributed by atoms with E-state index in [2.05, 4.69) is 4.90 Å². The molecule has 0 aliphatic carbocycles. The molecule has 2 aromatic rings. The molecule has 160 valence electrons. The van der Waals surface area contributed by atoms with Crippen LogP contribution >= 0.6 is 0 Å². The van der Waals surface area contributed by atoms with Crippen LogP contribution in [0.2, 0.25) is 0 Å². The van der Waals surface area contributed by atoms with E-state index in [1.807, 2.05) is 11.0 Å². The second kappa shape index (κ2) is 8.58. The van der Waals surface area contributed by atoms with E-state index < -0.39 is 10.0 Å². The van der Waals surface area contributed by atoms with E-state index >= 15 is 0 Å². The Labute approximate surface area is 175 Å². The van der Waals surface area contributed by atoms with Gasteiger partial charge in [-0.05, 0) is 24.3 Å². The van der Waals surface area contributed by atoms with Crippen LogP contribution in [-0.2, 0) is 14.8 Å². The summed E-state index contributed by atoms with van der Waals surface area (Å²) in [7, 11) is -3.52. The summed E-state index contributed by atoms with van der Waals surface area (Å²) in [5.41, 5.74) is 1.52. The number of anilines is 2. The number of ether oxygens (including phenoxy) is 1. The Balaban J connectivity index is 1.51. The fourth-order valence-electron chi connectivity index (χ4n) is 3.85. The fourth-order valence-corrected chi connectivity index (χ4v) is 5.29. The highest BCUT2D eigenvalue weighted by molar-refractivity contribution is 7.89. The number of piperazine rings is 1. The van der Waals surface area contributed by atoms with E-state index in [0.29, 0.717) is 63.1 Å². The molecule has 2 aromatic carbocycles. The summed E-state index contributed by atoms with van der Waals surface area (Å²) in [6.45, 7) is 4.05. The van der Waals surface area contributed by atoms with Crippen molar-refractivity contribution in [2.75, 3.05) is 62.3 Å². The van der Waals surface area contributed by atoms with Gasteiger partial charge in [0.2, 0.25) is 10.0 Å². The number of benzene rings is 2. The lowest BCUT2D eigenvalue weighted by atomic mass is 10.2. The van der Waals surface area contributed by atoms with Crippen molar-refractivity contribution in [2.45, 2.75) is 4.90 Å². The molecule has 4 rings (SSSR count). The summed E-state index contributed by atoms with van der Waals surface area (Å²) in [5, 5.41) is 11.5. The van der Waals surface area contributed by atoms with Crippen molar-refractivity contribution in [3.8, 4) is 0 Å². The van der Waals surface area contributed by atoms with E-state index in [4.69, 9.17) is 4.74 Å². The Bertz CT molecular complexity index is 1000. The number of nitro benzene ring substituents is 1. The molecule has 2 aliphatic rings. The summed E-state index contributed by atoms with van der Waals surface area (Å²) < 4.78 is 32.5. The van der Waals surface area contributed by atoms with Gasteiger partial charge < -0.3 is 14.5 Å². The molecule has 0 amide bonds. The Hall–Kier alpha value is -2.69. The van der Waals surface area contributed by atoms with Crippen molar-refractivity contribution in [3.63, 3.8) is 0 Å². The first-order chi connectivity index (χ1) is 14.5. The number of morpholine rings is 1. The van der Waals surface area contributed by atoms with Crippen LogP contribution in [0.1, 0.15) is 0 Å². The van der Waals surface area contributed by atoms with Gasteiger partial charge in [0.25, 0.3) is 5.69 Å². The van der Waals surface area contributed by atoms with Gasteiger partial charge >= 0.3 is 0 Å². The Kier molecular flexibility index (Phi) is 5.89. The van der Waals surface area contributed by atoms with Crippen molar-refractivity contribution >= 4 is 27.1 Å². The van der Waals surface area contributed by atoms with Gasteiger partial charge in [-0.25, -0.2) is 8.42 Å². The second-order valence-electron chi connectivity index (χ2n) is 7.23. The minimum atomic E-state index is -3.52. The van der Waals surface area contributed by atoms with Crippen molar-refractivity contribution in [3.05, 3.63) is 58.6 Å². The minimum absolute atomic E-state index is 0.0749. The maximum absolute atomic E-state index is 12.8. The van der Waals surface area contributed by atoms with Crippen LogP contribution in [0, 0.1) is 10.1 Å². The topological polar surface area (TPSA) is 96.2 Å². The minimum Gasteiger partial charge on any atom is -0.378 e. The first kappa shape index (κ1) is 20.6. The van der Waals surface area contributed by atoms with Crippen LogP contribution in [0.5, 0.6) is 0 Å². The van der Waals surface area contributed by atoms with Gasteiger partial charge in [0, 0.05) is 51.0 Å². The molecular weight excluding hydrogens is 408 g/mol. The maximum atomic E-state index is 12.8. The quantitative estimate of drug-likeness (QED) is 0.526. The second-order valence-corrected chi connectivity index (χ2v) is 9.17. The Morgan fingerprint density at radius 3 is 2.17 bits per heavy atom. The average molecular weight is 433 g/mol. The predicted molar refractivity (Wildman–Crippen MR) is 114 cm³/mol. The number of hydrogen-bond donors (Lipinski definition) is 0. The zero-order valence-electron chi connectivity index (χ0n) is 16.5. The molecule has 0 N–H and O–H groups in total. The molecule has 0 unspecified atom stereocenters. The summed E-state index contributed by atoms with van der Waals surface area (Å²) in [6.07, 6.45) is 0. The summed E-state index contributed by atoms with van der Waals surface area (Å²) >= 11 is 0. The fraction of sp³-hybridized carbons (Fsp3) is 0.400. The van der Waals surface area contributed by atoms with Crippen LogP contribution < -0.4 is 9.80 Å². The van der Waals surface area contributed by atoms with E-state index in [1.54, 1.807) is 36.4 Å². The van der Waals surface area contributed by atoms with Gasteiger partial charge in [-0.1, -0.05) is 18.2 Å². The lowest BCUT2D eigenvalue weighted by molar-refractivity contribution is -0.384. The Morgan fingerprint density at radius 1 is 0.867 bits per heavy atom. The molecule has 0 bridgehead atoms.